The zero-order valence-corrected chi connectivity index (χ0v) is 22.6. The molecule has 0 saturated carbocycles. The maximum absolute atomic E-state index is 15.1. The summed E-state index contributed by atoms with van der Waals surface area (Å²) >= 11 is 0. The quantitative estimate of drug-likeness (QED) is 0.231. The lowest BCUT2D eigenvalue weighted by molar-refractivity contribution is -0.120. The van der Waals surface area contributed by atoms with Gasteiger partial charge < -0.3 is 0 Å². The van der Waals surface area contributed by atoms with E-state index in [0.717, 1.165) is 12.8 Å². The third-order valence-corrected chi connectivity index (χ3v) is 11.5. The largest absolute Gasteiger partial charge is 0.298 e. The number of allylic oxidation sites excluding steroid dienone is 8. The normalized spacial score (nSPS) is 26.2. The van der Waals surface area contributed by atoms with Gasteiger partial charge in [0.2, 0.25) is 0 Å². The highest BCUT2D eigenvalue weighted by atomic mass is 16.1. The van der Waals surface area contributed by atoms with Gasteiger partial charge in [0.1, 0.15) is 0 Å². The van der Waals surface area contributed by atoms with Gasteiger partial charge in [-0.25, -0.2) is 0 Å². The molecule has 0 N–H and O–H groups in total. The average Bonchev–Trinajstić information content (AvgIpc) is 3.75. The number of ketones is 1. The fourth-order valence-corrected chi connectivity index (χ4v) is 10.4. The molecule has 0 bridgehead atoms. The predicted molar refractivity (Wildman–Crippen MR) is 160 cm³/mol. The van der Waals surface area contributed by atoms with E-state index >= 15 is 4.79 Å². The average molecular weight is 511 g/mol. The summed E-state index contributed by atoms with van der Waals surface area (Å²) in [6.45, 7) is 4.73. The zero-order valence-electron chi connectivity index (χ0n) is 22.6. The van der Waals surface area contributed by atoms with Gasteiger partial charge in [-0.1, -0.05) is 72.8 Å². The van der Waals surface area contributed by atoms with Crippen molar-refractivity contribution in [2.24, 2.45) is 0 Å². The molecule has 11 rings (SSSR count). The first-order chi connectivity index (χ1) is 19.7. The number of hydrogen-bond donors (Lipinski definition) is 0. The number of Topliss-reactive ketones (excluding diaryl/α,β-unsaturated/α-hetero) is 1. The number of carbonyl (C=O) groups is 1. The van der Waals surface area contributed by atoms with Gasteiger partial charge in [0, 0.05) is 11.8 Å². The molecule has 4 aromatic rings. The molecule has 0 heterocycles. The topological polar surface area (TPSA) is 17.1 Å². The minimum absolute atomic E-state index is 0.158. The fourth-order valence-electron chi connectivity index (χ4n) is 10.4. The van der Waals surface area contributed by atoms with E-state index in [1.165, 1.54) is 99.8 Å². The van der Waals surface area contributed by atoms with E-state index in [-0.39, 0.29) is 23.7 Å². The Morgan fingerprint density at radius 2 is 0.950 bits per heavy atom. The number of benzene rings is 4. The van der Waals surface area contributed by atoms with Gasteiger partial charge in [-0.2, -0.15) is 0 Å². The van der Waals surface area contributed by atoms with Crippen molar-refractivity contribution in [2.45, 2.75) is 50.4 Å². The van der Waals surface area contributed by atoms with Crippen LogP contribution in [0, 0.1) is 13.8 Å². The summed E-state index contributed by atoms with van der Waals surface area (Å²) in [5.41, 5.74) is 22.2. The lowest BCUT2D eigenvalue weighted by Crippen LogP contribution is -2.36. The summed E-state index contributed by atoms with van der Waals surface area (Å²) in [6.07, 6.45) is 11.5. The molecule has 0 saturated heterocycles. The van der Waals surface area contributed by atoms with Crippen molar-refractivity contribution in [1.29, 1.82) is 0 Å². The summed E-state index contributed by atoms with van der Waals surface area (Å²) in [4.78, 5) is 15.1. The summed E-state index contributed by atoms with van der Waals surface area (Å²) in [5.74, 6) is 0.588. The number of fused-ring (bicyclic) bond motifs is 12. The van der Waals surface area contributed by atoms with Crippen LogP contribution in [0.4, 0.5) is 0 Å². The molecule has 40 heavy (non-hydrogen) atoms. The molecular formula is C39H26O. The molecule has 0 aromatic heterocycles. The second kappa shape index (κ2) is 6.39. The van der Waals surface area contributed by atoms with Crippen LogP contribution in [0.15, 0.2) is 95.1 Å². The zero-order chi connectivity index (χ0) is 26.2. The van der Waals surface area contributed by atoms with E-state index in [0.29, 0.717) is 5.78 Å². The monoisotopic (exact) mass is 510 g/mol. The van der Waals surface area contributed by atoms with Gasteiger partial charge in [0.25, 0.3) is 0 Å². The highest BCUT2D eigenvalue weighted by Crippen LogP contribution is 2.69. The van der Waals surface area contributed by atoms with Crippen molar-refractivity contribution in [3.8, 4) is 22.3 Å². The second-order valence-corrected chi connectivity index (χ2v) is 12.8. The summed E-state index contributed by atoms with van der Waals surface area (Å²) in [6, 6.07) is 18.1. The molecule has 7 aliphatic carbocycles. The Hall–Kier alpha value is -4.23. The van der Waals surface area contributed by atoms with Crippen LogP contribution in [0.2, 0.25) is 0 Å². The Bertz CT molecular complexity index is 2010. The third-order valence-electron chi connectivity index (χ3n) is 11.5. The van der Waals surface area contributed by atoms with Gasteiger partial charge in [0.05, 0.1) is 11.8 Å². The summed E-state index contributed by atoms with van der Waals surface area (Å²) in [5, 5.41) is 2.84. The van der Waals surface area contributed by atoms with Crippen LogP contribution in [-0.2, 0) is 4.79 Å². The lowest BCUT2D eigenvalue weighted by Gasteiger charge is -2.44. The van der Waals surface area contributed by atoms with Crippen molar-refractivity contribution in [2.75, 3.05) is 0 Å². The Kier molecular flexibility index (Phi) is 3.30. The van der Waals surface area contributed by atoms with E-state index < -0.39 is 0 Å². The van der Waals surface area contributed by atoms with Gasteiger partial charge >= 0.3 is 0 Å². The first kappa shape index (κ1) is 20.6. The number of rotatable bonds is 0. The van der Waals surface area contributed by atoms with Crippen molar-refractivity contribution in [1.82, 2.24) is 0 Å². The van der Waals surface area contributed by atoms with Crippen molar-refractivity contribution < 1.29 is 4.79 Å². The molecule has 7 aliphatic rings. The smallest absolute Gasteiger partial charge is 0.156 e. The van der Waals surface area contributed by atoms with E-state index in [9.17, 15) is 0 Å². The predicted octanol–water partition coefficient (Wildman–Crippen LogP) is 8.97. The Morgan fingerprint density at radius 1 is 0.525 bits per heavy atom. The van der Waals surface area contributed by atoms with Crippen LogP contribution < -0.4 is 0 Å². The maximum Gasteiger partial charge on any atom is 0.156 e. The minimum atomic E-state index is -0.158. The van der Waals surface area contributed by atoms with Gasteiger partial charge in [-0.3, -0.25) is 4.79 Å². The minimum Gasteiger partial charge on any atom is -0.298 e. The standard InChI is InChI=1S/C39H26O/c1-17-27-18(2)29-20-10-4-6-12-22(20)31-24-14-8-16-26(24)33-38(36(29)31)34(27)37-32(39(33)40)25-15-7-13-23(25)30-21-11-5-3-9-19(21)28(17)35(30)37/h3-6,9-16,30-33H,7-8H2,1-2H3. The van der Waals surface area contributed by atoms with Crippen molar-refractivity contribution >= 4 is 16.6 Å². The highest BCUT2D eigenvalue weighted by molar-refractivity contribution is 6.18. The van der Waals surface area contributed by atoms with E-state index in [4.69, 9.17) is 0 Å². The molecular weight excluding hydrogens is 484 g/mol. The molecule has 4 aromatic carbocycles. The SMILES string of the molecule is Cc1c2c3c4c5c6c7c(c(C)c15)-c1ccccc1C7C1=CCC=C1C6C(=O)C4C1=CCC=C1C3c1ccccc1-2. The van der Waals surface area contributed by atoms with Gasteiger partial charge in [0.15, 0.2) is 5.78 Å². The van der Waals surface area contributed by atoms with E-state index in [2.05, 4.69) is 86.7 Å². The molecule has 4 unspecified atom stereocenters. The summed E-state index contributed by atoms with van der Waals surface area (Å²) < 4.78 is 0. The summed E-state index contributed by atoms with van der Waals surface area (Å²) in [7, 11) is 0. The van der Waals surface area contributed by atoms with Crippen molar-refractivity contribution in [3.05, 3.63) is 140 Å². The Balaban J connectivity index is 1.44. The van der Waals surface area contributed by atoms with Crippen LogP contribution in [0.1, 0.15) is 81.0 Å². The number of carbonyl (C=O) groups excluding carboxylic acids is 1. The molecule has 0 radical (unpaired) electrons. The lowest BCUT2D eigenvalue weighted by atomic mass is 9.57. The van der Waals surface area contributed by atoms with Crippen LogP contribution in [-0.4, -0.2) is 5.78 Å². The van der Waals surface area contributed by atoms with E-state index in [1.54, 1.807) is 0 Å². The molecule has 0 fully saturated rings. The molecule has 188 valence electrons. The third kappa shape index (κ3) is 1.91. The van der Waals surface area contributed by atoms with E-state index in [1.807, 2.05) is 0 Å². The van der Waals surface area contributed by atoms with Gasteiger partial charge in [-0.15, -0.1) is 0 Å². The first-order valence-corrected chi connectivity index (χ1v) is 14.9. The molecule has 0 spiro atoms. The molecule has 4 atom stereocenters. The van der Waals surface area contributed by atoms with Crippen molar-refractivity contribution in [3.63, 3.8) is 0 Å². The van der Waals surface area contributed by atoms with Crippen LogP contribution in [0.5, 0.6) is 0 Å². The molecule has 1 heteroatoms. The first-order valence-electron chi connectivity index (χ1n) is 14.9. The Labute approximate surface area is 233 Å². The highest BCUT2D eigenvalue weighted by Gasteiger charge is 2.55. The molecule has 0 amide bonds. The van der Waals surface area contributed by atoms with Crippen LogP contribution >= 0.6 is 0 Å². The maximum atomic E-state index is 15.1. The van der Waals surface area contributed by atoms with Crippen LogP contribution in [0.25, 0.3) is 33.0 Å². The fraction of sp³-hybridized carbons (Fsp3) is 0.205. The molecule has 1 nitrogen and oxygen atoms in total. The number of hydrogen-bond acceptors (Lipinski definition) is 1. The molecule has 0 aliphatic heterocycles. The van der Waals surface area contributed by atoms with Gasteiger partial charge in [-0.05, 0) is 127 Å². The number of aryl methyl sites for hydroxylation is 2. The second-order valence-electron chi connectivity index (χ2n) is 12.8. The Morgan fingerprint density at radius 3 is 1.43 bits per heavy atom. The van der Waals surface area contributed by atoms with Crippen LogP contribution in [0.3, 0.4) is 0 Å².